The number of carbonyl (C=O) groups excluding carboxylic acids is 1. The largest absolute Gasteiger partial charge is 0.393 e. The fraction of sp³-hybridized carbons (Fsp3) is 0.625. The zero-order chi connectivity index (χ0) is 18.8. The number of aliphatic hydroxyl groups is 1. The highest BCUT2D eigenvalue weighted by Gasteiger charge is 2.59. The topological polar surface area (TPSA) is 37.3 Å². The molecule has 4 aliphatic rings. The molecule has 4 aliphatic carbocycles. The van der Waals surface area contributed by atoms with Crippen molar-refractivity contribution >= 4 is 23.2 Å². The lowest BCUT2D eigenvalue weighted by Crippen LogP contribution is -2.50. The van der Waals surface area contributed by atoms with Gasteiger partial charge in [0.15, 0.2) is 5.78 Å². The first kappa shape index (κ1) is 17.9. The highest BCUT2D eigenvalue weighted by Crippen LogP contribution is 2.64. The second-order valence-electron chi connectivity index (χ2n) is 9.83. The quantitative estimate of drug-likeness (QED) is 0.504. The molecule has 3 fully saturated rings. The third kappa shape index (κ3) is 2.57. The van der Waals surface area contributed by atoms with Gasteiger partial charge < -0.3 is 5.11 Å². The van der Waals surface area contributed by atoms with Crippen LogP contribution in [0.3, 0.4) is 0 Å². The molecule has 0 radical (unpaired) electrons. The van der Waals surface area contributed by atoms with Gasteiger partial charge in [-0.15, -0.1) is 11.3 Å². The van der Waals surface area contributed by atoms with Crippen molar-refractivity contribution in [2.45, 2.75) is 64.9 Å². The van der Waals surface area contributed by atoms with E-state index >= 15 is 0 Å². The number of aliphatic hydroxyl groups excluding tert-OH is 1. The number of hydrogen-bond acceptors (Lipinski definition) is 3. The molecule has 0 saturated heterocycles. The van der Waals surface area contributed by atoms with Crippen LogP contribution in [-0.4, -0.2) is 17.0 Å². The maximum Gasteiger partial charge on any atom is 0.165 e. The van der Waals surface area contributed by atoms with E-state index in [1.54, 1.807) is 11.3 Å². The molecule has 27 heavy (non-hydrogen) atoms. The third-order valence-corrected chi connectivity index (χ3v) is 9.40. The van der Waals surface area contributed by atoms with Crippen molar-refractivity contribution in [1.82, 2.24) is 0 Å². The van der Waals surface area contributed by atoms with Crippen LogP contribution in [0.25, 0.3) is 6.08 Å². The van der Waals surface area contributed by atoms with E-state index in [1.165, 1.54) is 16.9 Å². The van der Waals surface area contributed by atoms with Crippen molar-refractivity contribution < 1.29 is 9.90 Å². The molecule has 1 aromatic rings. The summed E-state index contributed by atoms with van der Waals surface area (Å²) in [6.45, 7) is 4.70. The SMILES string of the molecule is C[C@@]12CC[C@H]3[C@@H](CC=C4C[C@H](O)CC[C@@]43C)[C@H]1C/C(=C\c1cccs1)C2=O. The summed E-state index contributed by atoms with van der Waals surface area (Å²) < 4.78 is 0. The number of hydrogen-bond donors (Lipinski definition) is 1. The summed E-state index contributed by atoms with van der Waals surface area (Å²) in [6, 6.07) is 4.18. The van der Waals surface area contributed by atoms with E-state index in [2.05, 4.69) is 43.5 Å². The Kier molecular flexibility index (Phi) is 4.07. The Morgan fingerprint density at radius 3 is 2.74 bits per heavy atom. The Bertz CT molecular complexity index is 819. The van der Waals surface area contributed by atoms with Gasteiger partial charge in [0.25, 0.3) is 0 Å². The van der Waals surface area contributed by atoms with Crippen LogP contribution >= 0.6 is 11.3 Å². The summed E-state index contributed by atoms with van der Waals surface area (Å²) >= 11 is 1.72. The maximum absolute atomic E-state index is 13.4. The lowest BCUT2D eigenvalue weighted by Gasteiger charge is -2.56. The standard InChI is InChI=1S/C24H30O2S/c1-23-9-7-17(25)14-16(23)5-6-19-20(23)8-10-24(2)21(19)13-15(22(24)26)12-18-4-3-11-27-18/h3-5,11-12,17,19-21,25H,6-10,13-14H2,1-2H3/b15-12+/t17-,19-,20+,21-,23+,24-/m1/s1. The highest BCUT2D eigenvalue weighted by molar-refractivity contribution is 7.10. The van der Waals surface area contributed by atoms with Gasteiger partial charge in [-0.2, -0.15) is 0 Å². The molecule has 1 N–H and O–H groups in total. The van der Waals surface area contributed by atoms with E-state index in [0.717, 1.165) is 44.1 Å². The molecule has 1 heterocycles. The molecule has 3 saturated carbocycles. The van der Waals surface area contributed by atoms with Crippen LogP contribution in [0.1, 0.15) is 63.7 Å². The fourth-order valence-electron chi connectivity index (χ4n) is 6.99. The number of Topliss-reactive ketones (excluding diaryl/α,β-unsaturated/α-hetero) is 1. The lowest BCUT2D eigenvalue weighted by atomic mass is 9.48. The molecule has 0 amide bonds. The van der Waals surface area contributed by atoms with Gasteiger partial charge in [-0.3, -0.25) is 4.79 Å². The normalized spacial score (nSPS) is 45.2. The molecule has 0 bridgehead atoms. The Morgan fingerprint density at radius 1 is 1.15 bits per heavy atom. The summed E-state index contributed by atoms with van der Waals surface area (Å²) in [6.07, 6.45) is 11.6. The molecule has 1 aromatic heterocycles. The maximum atomic E-state index is 13.4. The van der Waals surface area contributed by atoms with E-state index in [1.807, 2.05) is 0 Å². The third-order valence-electron chi connectivity index (χ3n) is 8.58. The summed E-state index contributed by atoms with van der Waals surface area (Å²) in [5, 5.41) is 12.2. The number of thiophene rings is 1. The first-order valence-electron chi connectivity index (χ1n) is 10.6. The van der Waals surface area contributed by atoms with Crippen molar-refractivity contribution in [3.8, 4) is 0 Å². The molecule has 6 atom stereocenters. The Morgan fingerprint density at radius 2 is 1.96 bits per heavy atom. The lowest BCUT2D eigenvalue weighted by molar-refractivity contribution is -0.130. The molecular formula is C24H30O2S. The van der Waals surface area contributed by atoms with Crippen LogP contribution < -0.4 is 0 Å². The van der Waals surface area contributed by atoms with Crippen molar-refractivity contribution in [3.05, 3.63) is 39.6 Å². The van der Waals surface area contributed by atoms with E-state index in [0.29, 0.717) is 23.5 Å². The van der Waals surface area contributed by atoms with Crippen LogP contribution in [0.2, 0.25) is 0 Å². The second-order valence-corrected chi connectivity index (χ2v) is 10.8. The van der Waals surface area contributed by atoms with E-state index in [4.69, 9.17) is 0 Å². The van der Waals surface area contributed by atoms with Gasteiger partial charge in [0.2, 0.25) is 0 Å². The van der Waals surface area contributed by atoms with E-state index in [-0.39, 0.29) is 16.9 Å². The molecule has 0 spiro atoms. The van der Waals surface area contributed by atoms with Gasteiger partial charge in [0.05, 0.1) is 6.10 Å². The van der Waals surface area contributed by atoms with Crippen LogP contribution in [0.5, 0.6) is 0 Å². The first-order valence-corrected chi connectivity index (χ1v) is 11.5. The summed E-state index contributed by atoms with van der Waals surface area (Å²) in [5.41, 5.74) is 2.64. The zero-order valence-corrected chi connectivity index (χ0v) is 17.2. The predicted octanol–water partition coefficient (Wildman–Crippen LogP) is 5.63. The second kappa shape index (κ2) is 6.15. The number of ketones is 1. The van der Waals surface area contributed by atoms with Crippen molar-refractivity contribution in [2.75, 3.05) is 0 Å². The van der Waals surface area contributed by atoms with Gasteiger partial charge in [-0.05, 0) is 91.2 Å². The predicted molar refractivity (Wildman–Crippen MR) is 110 cm³/mol. The molecule has 5 rings (SSSR count). The molecule has 144 valence electrons. The van der Waals surface area contributed by atoms with Gasteiger partial charge >= 0.3 is 0 Å². The summed E-state index contributed by atoms with van der Waals surface area (Å²) in [5.74, 6) is 2.19. The minimum atomic E-state index is -0.167. The molecule has 3 heteroatoms. The molecule has 0 aromatic carbocycles. The van der Waals surface area contributed by atoms with Gasteiger partial charge in [0.1, 0.15) is 0 Å². The van der Waals surface area contributed by atoms with E-state index in [9.17, 15) is 9.90 Å². The zero-order valence-electron chi connectivity index (χ0n) is 16.4. The number of rotatable bonds is 1. The van der Waals surface area contributed by atoms with Crippen molar-refractivity contribution in [1.29, 1.82) is 0 Å². The van der Waals surface area contributed by atoms with Gasteiger partial charge in [-0.25, -0.2) is 0 Å². The smallest absolute Gasteiger partial charge is 0.165 e. The Balaban J connectivity index is 1.49. The fourth-order valence-corrected chi connectivity index (χ4v) is 7.67. The molecular weight excluding hydrogens is 352 g/mol. The Hall–Kier alpha value is -1.19. The monoisotopic (exact) mass is 382 g/mol. The molecule has 0 unspecified atom stereocenters. The van der Waals surface area contributed by atoms with Gasteiger partial charge in [0, 0.05) is 10.3 Å². The van der Waals surface area contributed by atoms with Crippen LogP contribution in [0.4, 0.5) is 0 Å². The molecule has 0 aliphatic heterocycles. The minimum Gasteiger partial charge on any atom is -0.393 e. The number of fused-ring (bicyclic) bond motifs is 5. The minimum absolute atomic E-state index is 0.150. The highest BCUT2D eigenvalue weighted by atomic mass is 32.1. The average Bonchev–Trinajstić information content (AvgIpc) is 3.24. The van der Waals surface area contributed by atoms with Crippen LogP contribution in [0, 0.1) is 28.6 Å². The number of allylic oxidation sites excluding steroid dienone is 2. The number of carbonyl (C=O) groups is 1. The summed E-state index contributed by atoms with van der Waals surface area (Å²) in [7, 11) is 0. The van der Waals surface area contributed by atoms with Crippen molar-refractivity contribution in [3.63, 3.8) is 0 Å². The van der Waals surface area contributed by atoms with E-state index < -0.39 is 0 Å². The first-order chi connectivity index (χ1) is 12.9. The molecule has 2 nitrogen and oxygen atoms in total. The van der Waals surface area contributed by atoms with Gasteiger partial charge in [-0.1, -0.05) is 31.6 Å². The van der Waals surface area contributed by atoms with Crippen molar-refractivity contribution in [2.24, 2.45) is 28.6 Å². The average molecular weight is 383 g/mol. The Labute approximate surface area is 166 Å². The van der Waals surface area contributed by atoms with Crippen LogP contribution in [-0.2, 0) is 4.79 Å². The summed E-state index contributed by atoms with van der Waals surface area (Å²) in [4.78, 5) is 14.6. The van der Waals surface area contributed by atoms with Crippen LogP contribution in [0.15, 0.2) is 34.7 Å².